The second-order valence-corrected chi connectivity index (χ2v) is 3.77. The second kappa shape index (κ2) is 10.8. The first-order valence-corrected chi connectivity index (χ1v) is 6.33. The molecule has 0 heterocycles. The number of aliphatic imine (C=N–C) groups is 1. The number of carbonyl (C=O) groups is 1. The van der Waals surface area contributed by atoms with Crippen molar-refractivity contribution in [3.8, 4) is 0 Å². The summed E-state index contributed by atoms with van der Waals surface area (Å²) in [6.45, 7) is 8.93. The van der Waals surface area contributed by atoms with Crippen molar-refractivity contribution in [1.82, 2.24) is 10.6 Å². The maximum absolute atomic E-state index is 11.2. The van der Waals surface area contributed by atoms with E-state index in [0.29, 0.717) is 32.3 Å². The molecule has 0 aliphatic heterocycles. The first-order valence-electron chi connectivity index (χ1n) is 6.33. The molecule has 6 heteroatoms. The summed E-state index contributed by atoms with van der Waals surface area (Å²) in [5.41, 5.74) is 0. The molecule has 0 fully saturated rings. The molecule has 0 aromatic carbocycles. The average molecular weight is 259 g/mol. The highest BCUT2D eigenvalue weighted by molar-refractivity contribution is 5.80. The Morgan fingerprint density at radius 2 is 2.06 bits per heavy atom. The molecule has 0 saturated heterocycles. The van der Waals surface area contributed by atoms with Crippen LogP contribution in [0, 0.1) is 5.92 Å². The van der Waals surface area contributed by atoms with Gasteiger partial charge in [0.05, 0.1) is 26.2 Å². The van der Waals surface area contributed by atoms with Crippen molar-refractivity contribution in [2.45, 2.75) is 20.8 Å². The number of nitrogens with zero attached hydrogens (tertiary/aromatic N) is 1. The smallest absolute Gasteiger partial charge is 0.310 e. The van der Waals surface area contributed by atoms with Crippen LogP contribution in [0.15, 0.2) is 4.99 Å². The van der Waals surface area contributed by atoms with E-state index in [4.69, 9.17) is 4.74 Å². The number of hydrogen-bond donors (Lipinski definition) is 2. The number of rotatable bonds is 8. The Balaban J connectivity index is 4.09. The van der Waals surface area contributed by atoms with Crippen molar-refractivity contribution >= 4 is 11.9 Å². The molecule has 1 unspecified atom stereocenters. The quantitative estimate of drug-likeness (QED) is 0.285. The molecular formula is C12H25N3O3. The number of carbonyl (C=O) groups excluding carboxylic acids is 1. The zero-order valence-corrected chi connectivity index (χ0v) is 11.8. The summed E-state index contributed by atoms with van der Waals surface area (Å²) >= 11 is 0. The molecule has 6 nitrogen and oxygen atoms in total. The van der Waals surface area contributed by atoms with Gasteiger partial charge < -0.3 is 20.1 Å². The van der Waals surface area contributed by atoms with Crippen LogP contribution in [0.4, 0.5) is 0 Å². The van der Waals surface area contributed by atoms with Crippen LogP contribution in [0.2, 0.25) is 0 Å². The van der Waals surface area contributed by atoms with Crippen molar-refractivity contribution in [3.05, 3.63) is 0 Å². The minimum atomic E-state index is -0.246. The summed E-state index contributed by atoms with van der Waals surface area (Å²) in [5, 5.41) is 6.23. The van der Waals surface area contributed by atoms with E-state index in [1.165, 1.54) is 7.11 Å². The van der Waals surface area contributed by atoms with E-state index in [1.807, 2.05) is 13.8 Å². The SMILES string of the molecule is CCNC(=NCC(C)C(=O)OC)NCCOCC. The molecule has 18 heavy (non-hydrogen) atoms. The highest BCUT2D eigenvalue weighted by Gasteiger charge is 2.12. The van der Waals surface area contributed by atoms with E-state index in [2.05, 4.69) is 20.4 Å². The van der Waals surface area contributed by atoms with Gasteiger partial charge in [0.25, 0.3) is 0 Å². The largest absolute Gasteiger partial charge is 0.469 e. The Hall–Kier alpha value is -1.30. The minimum absolute atomic E-state index is 0.239. The Morgan fingerprint density at radius 3 is 2.61 bits per heavy atom. The third-order valence-electron chi connectivity index (χ3n) is 2.21. The van der Waals surface area contributed by atoms with Crippen LogP contribution >= 0.6 is 0 Å². The van der Waals surface area contributed by atoms with Gasteiger partial charge in [-0.05, 0) is 13.8 Å². The van der Waals surface area contributed by atoms with E-state index in [0.717, 1.165) is 6.54 Å². The average Bonchev–Trinajstić information content (AvgIpc) is 2.39. The zero-order chi connectivity index (χ0) is 13.8. The monoisotopic (exact) mass is 259 g/mol. The molecule has 1 atom stereocenters. The third kappa shape index (κ3) is 7.89. The van der Waals surface area contributed by atoms with E-state index in [-0.39, 0.29) is 11.9 Å². The third-order valence-corrected chi connectivity index (χ3v) is 2.21. The van der Waals surface area contributed by atoms with Gasteiger partial charge >= 0.3 is 5.97 Å². The summed E-state index contributed by atoms with van der Waals surface area (Å²) in [4.78, 5) is 15.5. The van der Waals surface area contributed by atoms with Gasteiger partial charge in [-0.1, -0.05) is 6.92 Å². The highest BCUT2D eigenvalue weighted by atomic mass is 16.5. The molecule has 0 radical (unpaired) electrons. The number of esters is 1. The van der Waals surface area contributed by atoms with E-state index < -0.39 is 0 Å². The Labute approximate surface area is 109 Å². The summed E-state index contributed by atoms with van der Waals surface area (Å²) < 4.78 is 9.87. The molecule has 106 valence electrons. The van der Waals surface area contributed by atoms with Crippen molar-refractivity contribution < 1.29 is 14.3 Å². The van der Waals surface area contributed by atoms with Crippen LogP contribution in [-0.4, -0.2) is 51.9 Å². The van der Waals surface area contributed by atoms with Gasteiger partial charge in [-0.3, -0.25) is 9.79 Å². The van der Waals surface area contributed by atoms with Gasteiger partial charge in [0, 0.05) is 19.7 Å². The number of ether oxygens (including phenoxy) is 2. The molecule has 0 aromatic rings. The van der Waals surface area contributed by atoms with Crippen molar-refractivity contribution in [2.75, 3.05) is 40.0 Å². The number of methoxy groups -OCH3 is 1. The van der Waals surface area contributed by atoms with Gasteiger partial charge in [0.1, 0.15) is 0 Å². The molecule has 0 rings (SSSR count). The molecular weight excluding hydrogens is 234 g/mol. The van der Waals surface area contributed by atoms with E-state index in [1.54, 1.807) is 6.92 Å². The van der Waals surface area contributed by atoms with Crippen LogP contribution in [0.5, 0.6) is 0 Å². The van der Waals surface area contributed by atoms with Crippen LogP contribution in [-0.2, 0) is 14.3 Å². The van der Waals surface area contributed by atoms with Gasteiger partial charge in [-0.15, -0.1) is 0 Å². The lowest BCUT2D eigenvalue weighted by Gasteiger charge is -2.12. The number of nitrogens with one attached hydrogen (secondary N) is 2. The lowest BCUT2D eigenvalue weighted by atomic mass is 10.2. The lowest BCUT2D eigenvalue weighted by molar-refractivity contribution is -0.144. The predicted molar refractivity (Wildman–Crippen MR) is 71.7 cm³/mol. The molecule has 0 aliphatic carbocycles. The van der Waals surface area contributed by atoms with Gasteiger partial charge in [0.2, 0.25) is 0 Å². The zero-order valence-electron chi connectivity index (χ0n) is 11.8. The standard InChI is InChI=1S/C12H25N3O3/c1-5-13-12(14-7-8-18-6-2)15-9-10(3)11(16)17-4/h10H,5-9H2,1-4H3,(H2,13,14,15). The molecule has 0 bridgehead atoms. The van der Waals surface area contributed by atoms with Crippen molar-refractivity contribution in [2.24, 2.45) is 10.9 Å². The number of hydrogen-bond acceptors (Lipinski definition) is 4. The first-order chi connectivity index (χ1) is 8.65. The van der Waals surface area contributed by atoms with Gasteiger partial charge in [0.15, 0.2) is 5.96 Å². The van der Waals surface area contributed by atoms with Crippen LogP contribution in [0.25, 0.3) is 0 Å². The normalized spacial score (nSPS) is 13.0. The van der Waals surface area contributed by atoms with Crippen LogP contribution in [0.3, 0.4) is 0 Å². The van der Waals surface area contributed by atoms with Gasteiger partial charge in [-0.25, -0.2) is 0 Å². The maximum Gasteiger partial charge on any atom is 0.310 e. The maximum atomic E-state index is 11.2. The molecule has 0 aromatic heterocycles. The van der Waals surface area contributed by atoms with Crippen LogP contribution in [0.1, 0.15) is 20.8 Å². The predicted octanol–water partition coefficient (Wildman–Crippen LogP) is 0.387. The van der Waals surface area contributed by atoms with Crippen LogP contribution < -0.4 is 10.6 Å². The van der Waals surface area contributed by atoms with E-state index >= 15 is 0 Å². The molecule has 2 N–H and O–H groups in total. The van der Waals surface area contributed by atoms with Gasteiger partial charge in [-0.2, -0.15) is 0 Å². The van der Waals surface area contributed by atoms with Crippen molar-refractivity contribution in [3.63, 3.8) is 0 Å². The summed E-state index contributed by atoms with van der Waals surface area (Å²) in [5.74, 6) is 0.203. The Kier molecular flexibility index (Phi) is 10.0. The molecule has 0 aliphatic rings. The second-order valence-electron chi connectivity index (χ2n) is 3.77. The summed E-state index contributed by atoms with van der Waals surface area (Å²) in [6, 6.07) is 0. The molecule has 0 spiro atoms. The fraction of sp³-hybridized carbons (Fsp3) is 0.833. The fourth-order valence-electron chi connectivity index (χ4n) is 1.23. The van der Waals surface area contributed by atoms with Crippen molar-refractivity contribution in [1.29, 1.82) is 0 Å². The highest BCUT2D eigenvalue weighted by Crippen LogP contribution is 1.97. The lowest BCUT2D eigenvalue weighted by Crippen LogP contribution is -2.39. The number of guanidine groups is 1. The topological polar surface area (TPSA) is 72.0 Å². The Bertz CT molecular complexity index is 257. The summed E-state index contributed by atoms with van der Waals surface area (Å²) in [7, 11) is 1.38. The van der Waals surface area contributed by atoms with E-state index in [9.17, 15) is 4.79 Å². The minimum Gasteiger partial charge on any atom is -0.469 e. The fourth-order valence-corrected chi connectivity index (χ4v) is 1.23. The molecule has 0 saturated carbocycles. The summed E-state index contributed by atoms with van der Waals surface area (Å²) in [6.07, 6.45) is 0. The molecule has 0 amide bonds. The Morgan fingerprint density at radius 1 is 1.33 bits per heavy atom. The first kappa shape index (κ1) is 16.7.